The minimum atomic E-state index is -0.436. The van der Waals surface area contributed by atoms with Crippen LogP contribution in [0.3, 0.4) is 0 Å². The van der Waals surface area contributed by atoms with Crippen molar-refractivity contribution in [2.75, 3.05) is 7.11 Å². The summed E-state index contributed by atoms with van der Waals surface area (Å²) in [4.78, 5) is 12.2. The number of hydrogen-bond donors (Lipinski definition) is 1. The van der Waals surface area contributed by atoms with Crippen molar-refractivity contribution in [1.82, 2.24) is 5.32 Å². The summed E-state index contributed by atoms with van der Waals surface area (Å²) in [5, 5.41) is 3.54. The molecule has 0 aliphatic heterocycles. The Morgan fingerprint density at radius 1 is 1.39 bits per heavy atom. The highest BCUT2D eigenvalue weighted by Gasteiger charge is 2.41. The van der Waals surface area contributed by atoms with Gasteiger partial charge in [0.15, 0.2) is 0 Å². The molecule has 1 aliphatic rings. The van der Waals surface area contributed by atoms with Crippen LogP contribution in [0.1, 0.15) is 65.7 Å². The average molecular weight is 255 g/mol. The molecule has 0 aromatic heterocycles. The van der Waals surface area contributed by atoms with E-state index >= 15 is 0 Å². The number of rotatable bonds is 5. The first-order valence-corrected chi connectivity index (χ1v) is 7.44. The molecule has 106 valence electrons. The maximum absolute atomic E-state index is 12.2. The molecular weight excluding hydrogens is 226 g/mol. The van der Waals surface area contributed by atoms with Crippen LogP contribution in [0.2, 0.25) is 0 Å². The predicted molar refractivity (Wildman–Crippen MR) is 74.5 cm³/mol. The van der Waals surface area contributed by atoms with Gasteiger partial charge in [0.2, 0.25) is 0 Å². The maximum Gasteiger partial charge on any atom is 0.326 e. The van der Waals surface area contributed by atoms with E-state index in [2.05, 4.69) is 26.1 Å². The molecule has 0 bridgehead atoms. The van der Waals surface area contributed by atoms with Crippen LogP contribution in [0.4, 0.5) is 0 Å². The zero-order chi connectivity index (χ0) is 13.6. The Morgan fingerprint density at radius 3 is 2.67 bits per heavy atom. The smallest absolute Gasteiger partial charge is 0.326 e. The number of methoxy groups -OCH3 is 1. The second kappa shape index (κ2) is 7.13. The molecule has 1 rings (SSSR count). The van der Waals surface area contributed by atoms with Crippen molar-refractivity contribution in [3.8, 4) is 0 Å². The van der Waals surface area contributed by atoms with Crippen LogP contribution in [0.15, 0.2) is 0 Å². The van der Waals surface area contributed by atoms with Crippen LogP contribution in [-0.4, -0.2) is 24.7 Å². The molecule has 1 N–H and O–H groups in total. The molecule has 0 aromatic carbocycles. The standard InChI is InChI=1S/C15H29NO2/c1-5-12(3)16-15(14(17)18-4)10-7-8-13(6-2)9-11-15/h12-13,16H,5-11H2,1-4H3. The Balaban J connectivity index is 2.80. The third-order valence-corrected chi connectivity index (χ3v) is 4.48. The molecule has 1 fully saturated rings. The highest BCUT2D eigenvalue weighted by molar-refractivity contribution is 5.80. The molecule has 1 saturated carbocycles. The van der Waals surface area contributed by atoms with Crippen LogP contribution in [0, 0.1) is 5.92 Å². The number of ether oxygens (including phenoxy) is 1. The highest BCUT2D eigenvalue weighted by atomic mass is 16.5. The first-order valence-electron chi connectivity index (χ1n) is 7.44. The molecule has 18 heavy (non-hydrogen) atoms. The van der Waals surface area contributed by atoms with Gasteiger partial charge in [-0.1, -0.05) is 33.1 Å². The van der Waals surface area contributed by atoms with Crippen LogP contribution in [-0.2, 0) is 9.53 Å². The number of carbonyl (C=O) groups excluding carboxylic acids is 1. The minimum absolute atomic E-state index is 0.0699. The Bertz CT molecular complexity index is 267. The van der Waals surface area contributed by atoms with Gasteiger partial charge in [0.05, 0.1) is 7.11 Å². The van der Waals surface area contributed by atoms with Gasteiger partial charge in [0, 0.05) is 6.04 Å². The van der Waals surface area contributed by atoms with E-state index < -0.39 is 5.54 Å². The highest BCUT2D eigenvalue weighted by Crippen LogP contribution is 2.33. The van der Waals surface area contributed by atoms with Crippen molar-refractivity contribution in [1.29, 1.82) is 0 Å². The molecule has 3 heteroatoms. The Morgan fingerprint density at radius 2 is 2.11 bits per heavy atom. The molecule has 3 atom stereocenters. The van der Waals surface area contributed by atoms with Gasteiger partial charge in [-0.15, -0.1) is 0 Å². The zero-order valence-electron chi connectivity index (χ0n) is 12.4. The molecule has 0 amide bonds. The first-order chi connectivity index (χ1) is 8.57. The van der Waals surface area contributed by atoms with Gasteiger partial charge in [-0.3, -0.25) is 10.1 Å². The maximum atomic E-state index is 12.2. The lowest BCUT2D eigenvalue weighted by molar-refractivity contribution is -0.149. The topological polar surface area (TPSA) is 38.3 Å². The fourth-order valence-electron chi connectivity index (χ4n) is 3.00. The van der Waals surface area contributed by atoms with E-state index in [1.165, 1.54) is 20.0 Å². The van der Waals surface area contributed by atoms with Crippen LogP contribution >= 0.6 is 0 Å². The summed E-state index contributed by atoms with van der Waals surface area (Å²) in [6.07, 6.45) is 7.60. The molecule has 0 saturated heterocycles. The molecule has 3 nitrogen and oxygen atoms in total. The lowest BCUT2D eigenvalue weighted by atomic mass is 9.88. The molecule has 1 aliphatic carbocycles. The van der Waals surface area contributed by atoms with Crippen molar-refractivity contribution < 1.29 is 9.53 Å². The lowest BCUT2D eigenvalue weighted by Gasteiger charge is -2.34. The Hall–Kier alpha value is -0.570. The van der Waals surface area contributed by atoms with Gasteiger partial charge in [0.25, 0.3) is 0 Å². The van der Waals surface area contributed by atoms with Gasteiger partial charge in [-0.05, 0) is 38.5 Å². The molecule has 0 radical (unpaired) electrons. The number of carbonyl (C=O) groups is 1. The van der Waals surface area contributed by atoms with Gasteiger partial charge < -0.3 is 4.74 Å². The van der Waals surface area contributed by atoms with Crippen LogP contribution in [0.5, 0.6) is 0 Å². The molecule has 3 unspecified atom stereocenters. The first kappa shape index (κ1) is 15.5. The van der Waals surface area contributed by atoms with E-state index in [1.54, 1.807) is 0 Å². The number of nitrogens with one attached hydrogen (secondary N) is 1. The van der Waals surface area contributed by atoms with E-state index in [4.69, 9.17) is 4.74 Å². The average Bonchev–Trinajstić information content (AvgIpc) is 2.60. The molecular formula is C15H29NO2. The molecule has 0 heterocycles. The van der Waals surface area contributed by atoms with E-state index in [1.807, 2.05) is 0 Å². The normalized spacial score (nSPS) is 30.6. The van der Waals surface area contributed by atoms with E-state index in [0.29, 0.717) is 6.04 Å². The van der Waals surface area contributed by atoms with Gasteiger partial charge in [-0.2, -0.15) is 0 Å². The second-order valence-electron chi connectivity index (χ2n) is 5.73. The van der Waals surface area contributed by atoms with Crippen molar-refractivity contribution in [3.05, 3.63) is 0 Å². The van der Waals surface area contributed by atoms with Crippen molar-refractivity contribution in [2.24, 2.45) is 5.92 Å². The molecule has 0 aromatic rings. The molecule has 0 spiro atoms. The summed E-state index contributed by atoms with van der Waals surface area (Å²) in [6.45, 7) is 6.54. The van der Waals surface area contributed by atoms with E-state index in [0.717, 1.165) is 38.0 Å². The summed E-state index contributed by atoms with van der Waals surface area (Å²) in [5.74, 6) is 0.704. The van der Waals surface area contributed by atoms with Crippen LogP contribution < -0.4 is 5.32 Å². The summed E-state index contributed by atoms with van der Waals surface area (Å²) >= 11 is 0. The monoisotopic (exact) mass is 255 g/mol. The second-order valence-corrected chi connectivity index (χ2v) is 5.73. The fraction of sp³-hybridized carbons (Fsp3) is 0.933. The van der Waals surface area contributed by atoms with E-state index in [9.17, 15) is 4.79 Å². The fourth-order valence-corrected chi connectivity index (χ4v) is 3.00. The third-order valence-electron chi connectivity index (χ3n) is 4.48. The quantitative estimate of drug-likeness (QED) is 0.605. The Labute approximate surface area is 112 Å². The summed E-state index contributed by atoms with van der Waals surface area (Å²) < 4.78 is 5.06. The zero-order valence-corrected chi connectivity index (χ0v) is 12.4. The third kappa shape index (κ3) is 3.71. The minimum Gasteiger partial charge on any atom is -0.468 e. The predicted octanol–water partition coefficient (Wildman–Crippen LogP) is 3.28. The van der Waals surface area contributed by atoms with Crippen molar-refractivity contribution in [3.63, 3.8) is 0 Å². The SMILES string of the molecule is CCC1CCCC(NC(C)CC)(C(=O)OC)CC1. The van der Waals surface area contributed by atoms with Crippen molar-refractivity contribution in [2.45, 2.75) is 77.3 Å². The largest absolute Gasteiger partial charge is 0.468 e. The van der Waals surface area contributed by atoms with Gasteiger partial charge in [-0.25, -0.2) is 0 Å². The number of hydrogen-bond acceptors (Lipinski definition) is 3. The van der Waals surface area contributed by atoms with Crippen molar-refractivity contribution >= 4 is 5.97 Å². The summed E-state index contributed by atoms with van der Waals surface area (Å²) in [6, 6.07) is 0.363. The van der Waals surface area contributed by atoms with Crippen LogP contribution in [0.25, 0.3) is 0 Å². The van der Waals surface area contributed by atoms with Gasteiger partial charge in [0.1, 0.15) is 5.54 Å². The number of esters is 1. The van der Waals surface area contributed by atoms with E-state index in [-0.39, 0.29) is 5.97 Å². The van der Waals surface area contributed by atoms with Gasteiger partial charge >= 0.3 is 5.97 Å². The lowest BCUT2D eigenvalue weighted by Crippen LogP contribution is -2.55. The Kier molecular flexibility index (Phi) is 6.13. The summed E-state index contributed by atoms with van der Waals surface area (Å²) in [7, 11) is 1.50. The summed E-state index contributed by atoms with van der Waals surface area (Å²) in [5.41, 5.74) is -0.436.